The Labute approximate surface area is 122 Å². The quantitative estimate of drug-likeness (QED) is 0.774. The number of esters is 1. The molecule has 0 saturated heterocycles. The monoisotopic (exact) mass is 277 g/mol. The number of carbonyl (C=O) groups excluding carboxylic acids is 1. The van der Waals surface area contributed by atoms with Gasteiger partial charge in [0.1, 0.15) is 6.04 Å². The molecule has 0 heterocycles. The molecule has 1 aromatic rings. The zero-order chi connectivity index (χ0) is 15.1. The van der Waals surface area contributed by atoms with Gasteiger partial charge < -0.3 is 4.74 Å². The summed E-state index contributed by atoms with van der Waals surface area (Å²) in [6, 6.07) is 10.2. The number of hydrogen-bond donors (Lipinski definition) is 1. The third-order valence-corrected chi connectivity index (χ3v) is 3.41. The van der Waals surface area contributed by atoms with Gasteiger partial charge in [0, 0.05) is 6.04 Å². The lowest BCUT2D eigenvalue weighted by Crippen LogP contribution is -2.44. The van der Waals surface area contributed by atoms with Crippen molar-refractivity contribution < 1.29 is 9.53 Å². The van der Waals surface area contributed by atoms with Gasteiger partial charge in [0.05, 0.1) is 7.11 Å². The van der Waals surface area contributed by atoms with Crippen molar-refractivity contribution in [2.24, 2.45) is 11.8 Å². The van der Waals surface area contributed by atoms with Gasteiger partial charge in [0.15, 0.2) is 0 Å². The molecule has 0 saturated carbocycles. The van der Waals surface area contributed by atoms with Crippen molar-refractivity contribution in [3.05, 3.63) is 35.9 Å². The summed E-state index contributed by atoms with van der Waals surface area (Å²) in [6.07, 6.45) is 0.990. The predicted octanol–water partition coefficient (Wildman–Crippen LogP) is 3.56. The molecule has 0 amide bonds. The summed E-state index contributed by atoms with van der Waals surface area (Å²) in [4.78, 5) is 11.9. The summed E-state index contributed by atoms with van der Waals surface area (Å²) in [5, 5.41) is 3.48. The Morgan fingerprint density at radius 3 is 2.20 bits per heavy atom. The van der Waals surface area contributed by atoms with Gasteiger partial charge in [-0.15, -0.1) is 0 Å². The van der Waals surface area contributed by atoms with E-state index >= 15 is 0 Å². The van der Waals surface area contributed by atoms with Crippen LogP contribution in [-0.2, 0) is 9.53 Å². The standard InChI is InChI=1S/C17H27NO2/c1-12(2)11-15(14-9-7-6-8-10-14)18-16(13(3)4)17(19)20-5/h6-10,12-13,15-16,18H,11H2,1-5H3. The van der Waals surface area contributed by atoms with Crippen LogP contribution in [0.15, 0.2) is 30.3 Å². The van der Waals surface area contributed by atoms with Gasteiger partial charge in [0.2, 0.25) is 0 Å². The van der Waals surface area contributed by atoms with E-state index in [2.05, 4.69) is 31.3 Å². The zero-order valence-corrected chi connectivity index (χ0v) is 13.2. The first-order valence-electron chi connectivity index (χ1n) is 7.34. The summed E-state index contributed by atoms with van der Waals surface area (Å²) in [6.45, 7) is 8.46. The van der Waals surface area contributed by atoms with Crippen LogP contribution < -0.4 is 5.32 Å². The number of nitrogens with one attached hydrogen (secondary N) is 1. The van der Waals surface area contributed by atoms with Gasteiger partial charge in [-0.1, -0.05) is 58.0 Å². The largest absolute Gasteiger partial charge is 0.468 e. The molecule has 0 fully saturated rings. The molecule has 2 atom stereocenters. The SMILES string of the molecule is COC(=O)C(NC(CC(C)C)c1ccccc1)C(C)C. The Hall–Kier alpha value is -1.35. The van der Waals surface area contributed by atoms with E-state index in [0.717, 1.165) is 6.42 Å². The second-order valence-electron chi connectivity index (χ2n) is 6.00. The van der Waals surface area contributed by atoms with Crippen molar-refractivity contribution >= 4 is 5.97 Å². The summed E-state index contributed by atoms with van der Waals surface area (Å²) in [5.41, 5.74) is 1.22. The smallest absolute Gasteiger partial charge is 0.323 e. The van der Waals surface area contributed by atoms with Crippen molar-refractivity contribution in [3.8, 4) is 0 Å². The first-order chi connectivity index (χ1) is 9.45. The van der Waals surface area contributed by atoms with E-state index in [-0.39, 0.29) is 24.0 Å². The minimum Gasteiger partial charge on any atom is -0.468 e. The number of methoxy groups -OCH3 is 1. The second kappa shape index (κ2) is 8.05. The van der Waals surface area contributed by atoms with E-state index in [4.69, 9.17) is 4.74 Å². The van der Waals surface area contributed by atoms with E-state index in [1.54, 1.807) is 0 Å². The highest BCUT2D eigenvalue weighted by Crippen LogP contribution is 2.23. The van der Waals surface area contributed by atoms with Gasteiger partial charge in [-0.2, -0.15) is 0 Å². The van der Waals surface area contributed by atoms with Crippen LogP contribution in [0, 0.1) is 11.8 Å². The van der Waals surface area contributed by atoms with E-state index in [0.29, 0.717) is 5.92 Å². The highest BCUT2D eigenvalue weighted by molar-refractivity contribution is 5.76. The third-order valence-electron chi connectivity index (χ3n) is 3.41. The predicted molar refractivity (Wildman–Crippen MR) is 82.4 cm³/mol. The fourth-order valence-corrected chi connectivity index (χ4v) is 2.33. The zero-order valence-electron chi connectivity index (χ0n) is 13.2. The van der Waals surface area contributed by atoms with E-state index in [1.807, 2.05) is 32.0 Å². The van der Waals surface area contributed by atoms with Crippen LogP contribution >= 0.6 is 0 Å². The maximum Gasteiger partial charge on any atom is 0.323 e. The van der Waals surface area contributed by atoms with Crippen LogP contribution in [-0.4, -0.2) is 19.1 Å². The highest BCUT2D eigenvalue weighted by atomic mass is 16.5. The van der Waals surface area contributed by atoms with Gasteiger partial charge in [-0.3, -0.25) is 10.1 Å². The Morgan fingerprint density at radius 2 is 1.75 bits per heavy atom. The van der Waals surface area contributed by atoms with Gasteiger partial charge >= 0.3 is 5.97 Å². The topological polar surface area (TPSA) is 38.3 Å². The number of benzene rings is 1. The van der Waals surface area contributed by atoms with Crippen LogP contribution in [0.2, 0.25) is 0 Å². The first kappa shape index (κ1) is 16.7. The summed E-state index contributed by atoms with van der Waals surface area (Å²) < 4.78 is 4.91. The van der Waals surface area contributed by atoms with Crippen LogP contribution in [0.4, 0.5) is 0 Å². The molecule has 2 unspecified atom stereocenters. The molecule has 0 bridgehead atoms. The normalized spacial score (nSPS) is 14.3. The molecule has 0 aromatic heterocycles. The minimum absolute atomic E-state index is 0.169. The number of ether oxygens (including phenoxy) is 1. The molecule has 0 aliphatic carbocycles. The maximum atomic E-state index is 11.9. The Morgan fingerprint density at radius 1 is 1.15 bits per heavy atom. The molecule has 1 rings (SSSR count). The van der Waals surface area contributed by atoms with Crippen molar-refractivity contribution in [3.63, 3.8) is 0 Å². The fraction of sp³-hybridized carbons (Fsp3) is 0.588. The van der Waals surface area contributed by atoms with Crippen molar-refractivity contribution in [1.29, 1.82) is 0 Å². The molecule has 0 radical (unpaired) electrons. The maximum absolute atomic E-state index is 11.9. The molecule has 20 heavy (non-hydrogen) atoms. The fourth-order valence-electron chi connectivity index (χ4n) is 2.33. The van der Waals surface area contributed by atoms with Crippen LogP contribution in [0.1, 0.15) is 45.7 Å². The lowest BCUT2D eigenvalue weighted by atomic mass is 9.94. The van der Waals surface area contributed by atoms with Gasteiger partial charge in [-0.25, -0.2) is 0 Å². The Kier molecular flexibility index (Phi) is 6.73. The lowest BCUT2D eigenvalue weighted by molar-refractivity contribution is -0.144. The van der Waals surface area contributed by atoms with E-state index in [9.17, 15) is 4.79 Å². The molecule has 1 aromatic carbocycles. The first-order valence-corrected chi connectivity index (χ1v) is 7.34. The molecular weight excluding hydrogens is 250 g/mol. The van der Waals surface area contributed by atoms with Crippen molar-refractivity contribution in [1.82, 2.24) is 5.32 Å². The number of carbonyl (C=O) groups is 1. The molecule has 112 valence electrons. The average molecular weight is 277 g/mol. The second-order valence-corrected chi connectivity index (χ2v) is 6.00. The van der Waals surface area contributed by atoms with Crippen LogP contribution in [0.3, 0.4) is 0 Å². The average Bonchev–Trinajstić information content (AvgIpc) is 2.42. The summed E-state index contributed by atoms with van der Waals surface area (Å²) in [7, 11) is 1.44. The summed E-state index contributed by atoms with van der Waals surface area (Å²) >= 11 is 0. The minimum atomic E-state index is -0.274. The number of hydrogen-bond acceptors (Lipinski definition) is 3. The molecule has 0 aliphatic rings. The lowest BCUT2D eigenvalue weighted by Gasteiger charge is -2.28. The van der Waals surface area contributed by atoms with Gasteiger partial charge in [-0.05, 0) is 23.8 Å². The Balaban J connectivity index is 2.91. The van der Waals surface area contributed by atoms with Gasteiger partial charge in [0.25, 0.3) is 0 Å². The molecule has 0 aliphatic heterocycles. The van der Waals surface area contributed by atoms with Crippen molar-refractivity contribution in [2.75, 3.05) is 7.11 Å². The molecule has 3 heteroatoms. The van der Waals surface area contributed by atoms with Crippen LogP contribution in [0.25, 0.3) is 0 Å². The van der Waals surface area contributed by atoms with E-state index < -0.39 is 0 Å². The van der Waals surface area contributed by atoms with Crippen LogP contribution in [0.5, 0.6) is 0 Å². The Bertz CT molecular complexity index is 401. The molecule has 0 spiro atoms. The molecular formula is C17H27NO2. The summed E-state index contributed by atoms with van der Waals surface area (Å²) in [5.74, 6) is 0.559. The number of rotatable bonds is 7. The third kappa shape index (κ3) is 4.97. The van der Waals surface area contributed by atoms with E-state index in [1.165, 1.54) is 12.7 Å². The molecule has 3 nitrogen and oxygen atoms in total. The molecule has 1 N–H and O–H groups in total. The van der Waals surface area contributed by atoms with Crippen molar-refractivity contribution in [2.45, 2.75) is 46.2 Å². The highest BCUT2D eigenvalue weighted by Gasteiger charge is 2.26.